The predicted molar refractivity (Wildman–Crippen MR) is 240 cm³/mol. The zero-order valence-electron chi connectivity index (χ0n) is 37.7. The summed E-state index contributed by atoms with van der Waals surface area (Å²) in [7, 11) is -5.13. The number of hydrogen-bond acceptors (Lipinski definition) is 12. The number of rotatable bonds is 39. The van der Waals surface area contributed by atoms with Crippen LogP contribution in [0.2, 0.25) is 0 Å². The lowest BCUT2D eigenvalue weighted by Gasteiger charge is -2.41. The number of phosphoric ester groups is 1. The Kier molecular flexibility index (Phi) is 35.0. The topological polar surface area (TPSA) is 210 Å². The Morgan fingerprint density at radius 3 is 1.39 bits per heavy atom. The first-order chi connectivity index (χ1) is 29.4. The van der Waals surface area contributed by atoms with Crippen molar-refractivity contribution >= 4 is 19.8 Å². The molecule has 0 saturated heterocycles. The molecule has 0 radical (unpaired) electrons. The quantitative estimate of drug-likeness (QED) is 0.0147. The molecule has 14 heteroatoms. The van der Waals surface area contributed by atoms with E-state index in [0.717, 1.165) is 38.5 Å². The van der Waals surface area contributed by atoms with Gasteiger partial charge >= 0.3 is 19.8 Å². The van der Waals surface area contributed by atoms with Crippen LogP contribution in [0.3, 0.4) is 0 Å². The average molecular weight is 889 g/mol. The molecule has 1 saturated carbocycles. The summed E-state index contributed by atoms with van der Waals surface area (Å²) in [5.41, 5.74) is 0. The molecule has 1 aliphatic rings. The maximum absolute atomic E-state index is 12.8. The summed E-state index contributed by atoms with van der Waals surface area (Å²) >= 11 is 0. The minimum Gasteiger partial charge on any atom is -0.462 e. The molecule has 0 amide bonds. The second-order valence-corrected chi connectivity index (χ2v) is 18.0. The van der Waals surface area contributed by atoms with Gasteiger partial charge < -0.3 is 39.9 Å². The van der Waals surface area contributed by atoms with Gasteiger partial charge in [0.05, 0.1) is 6.61 Å². The molecule has 0 spiro atoms. The van der Waals surface area contributed by atoms with Crippen molar-refractivity contribution in [2.45, 2.75) is 236 Å². The second kappa shape index (κ2) is 37.4. The molecule has 0 aromatic rings. The molecule has 0 aromatic carbocycles. The Morgan fingerprint density at radius 2 is 0.902 bits per heavy atom. The van der Waals surface area contributed by atoms with Crippen LogP contribution >= 0.6 is 7.82 Å². The first-order valence-electron chi connectivity index (χ1n) is 23.8. The highest BCUT2D eigenvalue weighted by atomic mass is 31.2. The molecule has 0 heterocycles. The van der Waals surface area contributed by atoms with Crippen molar-refractivity contribution in [1.29, 1.82) is 0 Å². The molecule has 6 unspecified atom stereocenters. The van der Waals surface area contributed by atoms with Gasteiger partial charge in [-0.2, -0.15) is 0 Å². The van der Waals surface area contributed by atoms with Crippen molar-refractivity contribution in [3.63, 3.8) is 0 Å². The van der Waals surface area contributed by atoms with Gasteiger partial charge in [0, 0.05) is 12.8 Å². The van der Waals surface area contributed by atoms with Crippen LogP contribution in [-0.4, -0.2) is 98.3 Å². The Balaban J connectivity index is 2.49. The summed E-state index contributed by atoms with van der Waals surface area (Å²) in [4.78, 5) is 35.7. The summed E-state index contributed by atoms with van der Waals surface area (Å²) in [6.45, 7) is 3.25. The second-order valence-electron chi connectivity index (χ2n) is 16.6. The fourth-order valence-electron chi connectivity index (χ4n) is 7.09. The number of esters is 2. The number of hydrogen-bond donors (Lipinski definition) is 6. The largest absolute Gasteiger partial charge is 0.472 e. The molecule has 0 aliphatic heterocycles. The van der Waals surface area contributed by atoms with Crippen molar-refractivity contribution in [2.24, 2.45) is 0 Å². The van der Waals surface area contributed by atoms with Crippen molar-refractivity contribution in [3.05, 3.63) is 36.5 Å². The van der Waals surface area contributed by atoms with E-state index in [4.69, 9.17) is 18.5 Å². The first kappa shape index (κ1) is 57.1. The van der Waals surface area contributed by atoms with Gasteiger partial charge in [0.25, 0.3) is 0 Å². The number of unbranched alkanes of at least 4 members (excludes halogenated alkanes) is 21. The number of carbonyl (C=O) groups excluding carboxylic acids is 2. The standard InChI is InChI=1S/C47H85O13P/c1-3-5-7-9-11-13-15-17-19-20-22-24-26-28-30-32-34-36-41(49)59-39(38-58-61(55,56)60-47-45(53)43(51)42(50)44(52)46(47)54)37-57-40(48)35-33-31-29-27-25-23-21-18-16-14-12-10-8-6-4-2/h22-25,28,30,39,42-47,50-54H,3-21,26-27,29,31-38H2,1-2H3,(H,55,56)/b24-22+,25-23+,30-28+/t39-,42?,43+,44?,45?,46?,47?/m1/s1. The third-order valence-electron chi connectivity index (χ3n) is 11.0. The Morgan fingerprint density at radius 1 is 0.508 bits per heavy atom. The lowest BCUT2D eigenvalue weighted by atomic mass is 9.85. The van der Waals surface area contributed by atoms with Gasteiger partial charge in [-0.3, -0.25) is 18.6 Å². The fraction of sp³-hybridized carbons (Fsp3) is 0.830. The molecular formula is C47H85O13P. The highest BCUT2D eigenvalue weighted by Crippen LogP contribution is 2.47. The normalized spacial score (nSPS) is 22.3. The van der Waals surface area contributed by atoms with E-state index in [9.17, 15) is 44.6 Å². The van der Waals surface area contributed by atoms with Crippen molar-refractivity contribution in [2.75, 3.05) is 13.2 Å². The van der Waals surface area contributed by atoms with Gasteiger partial charge in [-0.25, -0.2) is 4.57 Å². The molecule has 1 rings (SSSR count). The number of carbonyl (C=O) groups is 2. The zero-order valence-corrected chi connectivity index (χ0v) is 38.6. The summed E-state index contributed by atoms with van der Waals surface area (Å²) in [5, 5.41) is 50.1. The molecule has 8 atom stereocenters. The molecule has 13 nitrogen and oxygen atoms in total. The van der Waals surface area contributed by atoms with E-state index in [1.807, 2.05) is 12.2 Å². The molecule has 6 N–H and O–H groups in total. The van der Waals surface area contributed by atoms with Crippen LogP contribution in [0.1, 0.15) is 194 Å². The van der Waals surface area contributed by atoms with Crippen molar-refractivity contribution < 1.29 is 63.1 Å². The molecule has 356 valence electrons. The highest BCUT2D eigenvalue weighted by Gasteiger charge is 2.51. The van der Waals surface area contributed by atoms with Gasteiger partial charge in [0.2, 0.25) is 0 Å². The average Bonchev–Trinajstić information content (AvgIpc) is 3.24. The van der Waals surface area contributed by atoms with Crippen LogP contribution in [0.15, 0.2) is 36.5 Å². The molecule has 0 bridgehead atoms. The van der Waals surface area contributed by atoms with Crippen LogP contribution in [-0.2, 0) is 32.7 Å². The summed E-state index contributed by atoms with van der Waals surface area (Å²) in [5.74, 6) is -1.17. The van der Waals surface area contributed by atoms with E-state index < -0.39 is 75.7 Å². The van der Waals surface area contributed by atoms with Gasteiger partial charge in [-0.15, -0.1) is 0 Å². The summed E-state index contributed by atoms with van der Waals surface area (Å²) < 4.78 is 33.5. The molecule has 61 heavy (non-hydrogen) atoms. The Labute approximate surface area is 368 Å². The molecule has 1 fully saturated rings. The van der Waals surface area contributed by atoms with E-state index in [1.54, 1.807) is 0 Å². The number of allylic oxidation sites excluding steroid dienone is 6. The zero-order chi connectivity index (χ0) is 45.0. The fourth-order valence-corrected chi connectivity index (χ4v) is 8.06. The first-order valence-corrected chi connectivity index (χ1v) is 25.3. The maximum atomic E-state index is 12.8. The third-order valence-corrected chi connectivity index (χ3v) is 11.9. The van der Waals surface area contributed by atoms with Crippen LogP contribution in [0, 0.1) is 0 Å². The SMILES string of the molecule is CCCCCCCCCC/C=C/CCCCCC(=O)OC[C@H](COP(=O)(O)OC1C(O)C(O)C(O)[C@H](O)C1O)OC(=O)CCC/C=C/C/C=C/CCCCCCCCCCC. The lowest BCUT2D eigenvalue weighted by molar-refractivity contribution is -0.220. The van der Waals surface area contributed by atoms with E-state index >= 15 is 0 Å². The van der Waals surface area contributed by atoms with Crippen LogP contribution in [0.25, 0.3) is 0 Å². The van der Waals surface area contributed by atoms with E-state index in [1.165, 1.54) is 109 Å². The lowest BCUT2D eigenvalue weighted by Crippen LogP contribution is -2.64. The smallest absolute Gasteiger partial charge is 0.462 e. The van der Waals surface area contributed by atoms with Crippen LogP contribution < -0.4 is 0 Å². The molecule has 1 aliphatic carbocycles. The molecular weight excluding hydrogens is 803 g/mol. The number of aliphatic hydroxyl groups excluding tert-OH is 5. The van der Waals surface area contributed by atoms with Gasteiger partial charge in [-0.05, 0) is 64.2 Å². The summed E-state index contributed by atoms with van der Waals surface area (Å²) in [6, 6.07) is 0. The number of aliphatic hydroxyl groups is 5. The summed E-state index contributed by atoms with van der Waals surface area (Å²) in [6.07, 6.45) is 29.2. The van der Waals surface area contributed by atoms with Crippen LogP contribution in [0.5, 0.6) is 0 Å². The minimum atomic E-state index is -5.13. The van der Waals surface area contributed by atoms with Gasteiger partial charge in [-0.1, -0.05) is 153 Å². The monoisotopic (exact) mass is 889 g/mol. The van der Waals surface area contributed by atoms with E-state index in [-0.39, 0.29) is 12.8 Å². The number of ether oxygens (including phenoxy) is 2. The van der Waals surface area contributed by atoms with Crippen LogP contribution in [0.4, 0.5) is 0 Å². The van der Waals surface area contributed by atoms with Crippen molar-refractivity contribution in [3.8, 4) is 0 Å². The predicted octanol–water partition coefficient (Wildman–Crippen LogP) is 9.39. The van der Waals surface area contributed by atoms with E-state index in [2.05, 4.69) is 38.2 Å². The van der Waals surface area contributed by atoms with E-state index in [0.29, 0.717) is 19.3 Å². The van der Waals surface area contributed by atoms with Gasteiger partial charge in [0.1, 0.15) is 43.2 Å². The van der Waals surface area contributed by atoms with Gasteiger partial charge in [0.15, 0.2) is 6.10 Å². The maximum Gasteiger partial charge on any atom is 0.472 e. The third kappa shape index (κ3) is 30.0. The van der Waals surface area contributed by atoms with Crippen molar-refractivity contribution in [1.82, 2.24) is 0 Å². The Hall–Kier alpha value is -1.93. The number of phosphoric acid groups is 1. The Bertz CT molecular complexity index is 1210. The highest BCUT2D eigenvalue weighted by molar-refractivity contribution is 7.47. The minimum absolute atomic E-state index is 0.0304. The molecule has 0 aromatic heterocycles.